The summed E-state index contributed by atoms with van der Waals surface area (Å²) in [6.07, 6.45) is 2.75. The highest BCUT2D eigenvalue weighted by Crippen LogP contribution is 2.53. The number of nitrogens with zero attached hydrogens (tertiary/aromatic N) is 2. The molecule has 1 atom stereocenters. The van der Waals surface area contributed by atoms with Crippen LogP contribution in [0.1, 0.15) is 25.0 Å². The fourth-order valence-electron chi connectivity index (χ4n) is 3.86. The second kappa shape index (κ2) is 7.25. The van der Waals surface area contributed by atoms with Crippen LogP contribution in [0.3, 0.4) is 0 Å². The Hall–Kier alpha value is -3.55. The average Bonchev–Trinajstić information content (AvgIpc) is 3.24. The van der Waals surface area contributed by atoms with Gasteiger partial charge in [-0.2, -0.15) is 4.39 Å². The third-order valence-electron chi connectivity index (χ3n) is 5.38. The number of rotatable bonds is 4. The van der Waals surface area contributed by atoms with E-state index in [2.05, 4.69) is 9.98 Å². The molecule has 5 rings (SSSR count). The van der Waals surface area contributed by atoms with Gasteiger partial charge < -0.3 is 14.2 Å². The standard InChI is InChI=1S/C24H19F3N2O3/c1-23(2,27)11-31-16-8-18-22(19(25)9-16)32-20-5-3-14(15-4-6-21(26)28-10-15)7-17(20)24(18)12-30-13-29-24/h3-10,13H,11-12H2,1-2H3/t24-/m0/s1. The van der Waals surface area contributed by atoms with Gasteiger partial charge in [-0.05, 0) is 49.7 Å². The van der Waals surface area contributed by atoms with Crippen LogP contribution in [0.2, 0.25) is 0 Å². The number of pyridine rings is 1. The van der Waals surface area contributed by atoms with Gasteiger partial charge in [-0.3, -0.25) is 0 Å². The summed E-state index contributed by atoms with van der Waals surface area (Å²) in [5.74, 6) is -0.610. The average molecular weight is 440 g/mol. The summed E-state index contributed by atoms with van der Waals surface area (Å²) in [5.41, 5.74) is -0.122. The molecule has 0 unspecified atom stereocenters. The van der Waals surface area contributed by atoms with E-state index >= 15 is 4.39 Å². The van der Waals surface area contributed by atoms with Crippen molar-refractivity contribution in [2.75, 3.05) is 13.2 Å². The highest BCUT2D eigenvalue weighted by Gasteiger charge is 2.46. The van der Waals surface area contributed by atoms with Gasteiger partial charge in [-0.25, -0.2) is 18.8 Å². The third-order valence-corrected chi connectivity index (χ3v) is 5.38. The van der Waals surface area contributed by atoms with Crippen molar-refractivity contribution in [3.63, 3.8) is 0 Å². The lowest BCUT2D eigenvalue weighted by Gasteiger charge is -2.34. The Labute approximate surface area is 182 Å². The number of ether oxygens (including phenoxy) is 3. The van der Waals surface area contributed by atoms with E-state index in [0.29, 0.717) is 22.4 Å². The van der Waals surface area contributed by atoms with Crippen LogP contribution in [0.15, 0.2) is 53.7 Å². The van der Waals surface area contributed by atoms with Crippen LogP contribution in [0.25, 0.3) is 11.1 Å². The van der Waals surface area contributed by atoms with Gasteiger partial charge in [0, 0.05) is 29.0 Å². The van der Waals surface area contributed by atoms with Crippen molar-refractivity contribution in [3.8, 4) is 28.4 Å². The Morgan fingerprint density at radius 2 is 1.88 bits per heavy atom. The predicted molar refractivity (Wildman–Crippen MR) is 112 cm³/mol. The van der Waals surface area contributed by atoms with E-state index < -0.39 is 23.0 Å². The second-order valence-corrected chi connectivity index (χ2v) is 8.38. The summed E-state index contributed by atoms with van der Waals surface area (Å²) in [6.45, 7) is 2.64. The Morgan fingerprint density at radius 3 is 2.56 bits per heavy atom. The number of halogens is 3. The van der Waals surface area contributed by atoms with Gasteiger partial charge in [-0.1, -0.05) is 6.07 Å². The van der Waals surface area contributed by atoms with Gasteiger partial charge in [0.05, 0.1) is 0 Å². The van der Waals surface area contributed by atoms with Crippen LogP contribution in [0.5, 0.6) is 17.2 Å². The highest BCUT2D eigenvalue weighted by atomic mass is 19.1. The van der Waals surface area contributed by atoms with E-state index in [1.807, 2.05) is 6.07 Å². The van der Waals surface area contributed by atoms with E-state index in [-0.39, 0.29) is 24.7 Å². The summed E-state index contributed by atoms with van der Waals surface area (Å²) in [5, 5.41) is 0. The second-order valence-electron chi connectivity index (χ2n) is 8.38. The maximum absolute atomic E-state index is 15.0. The molecule has 5 nitrogen and oxygen atoms in total. The molecule has 2 aromatic carbocycles. The fraction of sp³-hybridized carbons (Fsp3) is 0.250. The SMILES string of the molecule is CC(C)(F)COc1cc(F)c2c(c1)[C@]1(COC=N1)c1cc(-c3ccc(F)nc3)ccc1O2. The molecule has 2 aliphatic rings. The van der Waals surface area contributed by atoms with Crippen LogP contribution in [-0.4, -0.2) is 30.3 Å². The van der Waals surface area contributed by atoms with Gasteiger partial charge in [0.25, 0.3) is 0 Å². The molecule has 1 aromatic heterocycles. The molecule has 164 valence electrons. The topological polar surface area (TPSA) is 52.9 Å². The van der Waals surface area contributed by atoms with Crippen molar-refractivity contribution in [2.45, 2.75) is 25.1 Å². The molecule has 0 N–H and O–H groups in total. The first-order valence-corrected chi connectivity index (χ1v) is 10.0. The van der Waals surface area contributed by atoms with E-state index in [0.717, 1.165) is 5.56 Å². The number of hydrogen-bond donors (Lipinski definition) is 0. The van der Waals surface area contributed by atoms with Crippen LogP contribution in [0.4, 0.5) is 13.2 Å². The van der Waals surface area contributed by atoms with Gasteiger partial charge in [0.1, 0.15) is 30.4 Å². The summed E-state index contributed by atoms with van der Waals surface area (Å²) >= 11 is 0. The van der Waals surface area contributed by atoms with Gasteiger partial charge in [0.2, 0.25) is 5.95 Å². The molecular weight excluding hydrogens is 421 g/mol. The van der Waals surface area contributed by atoms with Crippen molar-refractivity contribution in [1.82, 2.24) is 4.98 Å². The molecule has 0 radical (unpaired) electrons. The minimum Gasteiger partial charge on any atom is -0.490 e. The normalized spacial score (nSPS) is 18.7. The lowest BCUT2D eigenvalue weighted by molar-refractivity contribution is 0.120. The number of hydrogen-bond acceptors (Lipinski definition) is 5. The van der Waals surface area contributed by atoms with Gasteiger partial charge in [-0.15, -0.1) is 0 Å². The molecule has 0 fully saturated rings. The molecule has 8 heteroatoms. The molecule has 32 heavy (non-hydrogen) atoms. The van der Waals surface area contributed by atoms with Crippen molar-refractivity contribution < 1.29 is 27.4 Å². The summed E-state index contributed by atoms with van der Waals surface area (Å²) in [7, 11) is 0. The zero-order chi connectivity index (χ0) is 22.5. The van der Waals surface area contributed by atoms with Crippen LogP contribution in [-0.2, 0) is 10.3 Å². The maximum atomic E-state index is 15.0. The smallest absolute Gasteiger partial charge is 0.212 e. The van der Waals surface area contributed by atoms with E-state index in [9.17, 15) is 8.78 Å². The van der Waals surface area contributed by atoms with Crippen LogP contribution >= 0.6 is 0 Å². The minimum absolute atomic E-state index is 0.0169. The molecule has 2 aliphatic heterocycles. The highest BCUT2D eigenvalue weighted by molar-refractivity contribution is 5.71. The monoisotopic (exact) mass is 440 g/mol. The van der Waals surface area contributed by atoms with Gasteiger partial charge in [0.15, 0.2) is 23.5 Å². The number of benzene rings is 2. The number of fused-ring (bicyclic) bond motifs is 4. The fourth-order valence-corrected chi connectivity index (χ4v) is 3.86. The Balaban J connectivity index is 1.63. The minimum atomic E-state index is -1.58. The molecular formula is C24H19F3N2O3. The Morgan fingerprint density at radius 1 is 1.06 bits per heavy atom. The third kappa shape index (κ3) is 3.45. The first-order valence-electron chi connectivity index (χ1n) is 10.0. The molecule has 0 bridgehead atoms. The molecule has 0 saturated heterocycles. The van der Waals surface area contributed by atoms with E-state index in [1.165, 1.54) is 38.6 Å². The molecule has 1 spiro atoms. The predicted octanol–water partition coefficient (Wildman–Crippen LogP) is 5.56. The number of aromatic nitrogens is 1. The summed E-state index contributed by atoms with van der Waals surface area (Å²) in [6, 6.07) is 11.0. The van der Waals surface area contributed by atoms with Crippen molar-refractivity contribution in [2.24, 2.45) is 4.99 Å². The number of alkyl halides is 1. The van der Waals surface area contributed by atoms with Crippen LogP contribution < -0.4 is 9.47 Å². The number of aliphatic imine (C=N–C) groups is 1. The summed E-state index contributed by atoms with van der Waals surface area (Å²) in [4.78, 5) is 8.26. The molecule has 3 aromatic rings. The molecule has 3 heterocycles. The lowest BCUT2D eigenvalue weighted by atomic mass is 9.80. The van der Waals surface area contributed by atoms with Crippen LogP contribution in [0, 0.1) is 11.8 Å². The largest absolute Gasteiger partial charge is 0.490 e. The van der Waals surface area contributed by atoms with E-state index in [1.54, 1.807) is 24.3 Å². The summed E-state index contributed by atoms with van der Waals surface area (Å²) < 4.78 is 59.1. The Bertz CT molecular complexity index is 1220. The first-order chi connectivity index (χ1) is 15.2. The lowest BCUT2D eigenvalue weighted by Crippen LogP contribution is -2.31. The molecule has 0 amide bonds. The van der Waals surface area contributed by atoms with Crippen molar-refractivity contribution in [3.05, 3.63) is 71.6 Å². The first kappa shape index (κ1) is 20.4. The Kier molecular flexibility index (Phi) is 4.62. The van der Waals surface area contributed by atoms with Crippen molar-refractivity contribution in [1.29, 1.82) is 0 Å². The molecule has 0 aliphatic carbocycles. The zero-order valence-electron chi connectivity index (χ0n) is 17.4. The van der Waals surface area contributed by atoms with E-state index in [4.69, 9.17) is 14.2 Å². The van der Waals surface area contributed by atoms with Gasteiger partial charge >= 0.3 is 0 Å². The quantitative estimate of drug-likeness (QED) is 0.499. The maximum Gasteiger partial charge on any atom is 0.212 e. The molecule has 0 saturated carbocycles. The zero-order valence-corrected chi connectivity index (χ0v) is 17.4. The van der Waals surface area contributed by atoms with Crippen molar-refractivity contribution >= 4 is 6.40 Å².